The summed E-state index contributed by atoms with van der Waals surface area (Å²) < 4.78 is 39.9. The van der Waals surface area contributed by atoms with Gasteiger partial charge in [0.2, 0.25) is 5.91 Å². The second-order valence-corrected chi connectivity index (χ2v) is 9.95. The molecular weight excluding hydrogens is 476 g/mol. The molecule has 1 heterocycles. The van der Waals surface area contributed by atoms with Gasteiger partial charge in [-0.25, -0.2) is 8.42 Å². The second-order valence-electron chi connectivity index (χ2n) is 8.08. The van der Waals surface area contributed by atoms with Crippen molar-refractivity contribution in [2.24, 2.45) is 0 Å². The highest BCUT2D eigenvalue weighted by molar-refractivity contribution is 7.92. The summed E-state index contributed by atoms with van der Waals surface area (Å²) in [4.78, 5) is 13.2. The van der Waals surface area contributed by atoms with Crippen molar-refractivity contribution in [2.45, 2.75) is 11.8 Å². The Morgan fingerprint density at radius 2 is 1.56 bits per heavy atom. The number of carbonyl (C=O) groups is 1. The minimum absolute atomic E-state index is 0.0767. The molecule has 182 valence electrons. The van der Waals surface area contributed by atoms with Crippen LogP contribution in [0.25, 0.3) is 21.9 Å². The third kappa shape index (κ3) is 4.50. The number of sulfonamides is 1. The maximum atomic E-state index is 13.6. The van der Waals surface area contributed by atoms with Gasteiger partial charge >= 0.3 is 0 Å². The number of hydrogen-bond donors (Lipinski definition) is 1. The number of para-hydroxylation sites is 3. The van der Waals surface area contributed by atoms with Crippen LogP contribution < -0.4 is 14.4 Å². The van der Waals surface area contributed by atoms with Gasteiger partial charge in [-0.15, -0.1) is 0 Å². The molecule has 36 heavy (non-hydrogen) atoms. The Kier molecular flexibility index (Phi) is 6.35. The quantitative estimate of drug-likeness (QED) is 0.290. The van der Waals surface area contributed by atoms with Gasteiger partial charge in [0, 0.05) is 22.5 Å². The van der Waals surface area contributed by atoms with E-state index in [1.807, 2.05) is 37.3 Å². The number of furan rings is 1. The topological polar surface area (TPSA) is 88.8 Å². The highest BCUT2D eigenvalue weighted by atomic mass is 32.2. The van der Waals surface area contributed by atoms with E-state index in [0.717, 1.165) is 20.7 Å². The molecule has 0 fully saturated rings. The number of benzene rings is 4. The number of nitrogens with one attached hydrogen (secondary N) is 1. The van der Waals surface area contributed by atoms with Gasteiger partial charge < -0.3 is 14.5 Å². The first-order valence-corrected chi connectivity index (χ1v) is 12.9. The lowest BCUT2D eigenvalue weighted by atomic mass is 10.1. The summed E-state index contributed by atoms with van der Waals surface area (Å²) in [5.74, 6) is -0.132. The molecule has 5 rings (SSSR count). The van der Waals surface area contributed by atoms with Crippen molar-refractivity contribution in [3.05, 3.63) is 97.1 Å². The van der Waals surface area contributed by atoms with Crippen LogP contribution in [0.4, 0.5) is 11.4 Å². The Morgan fingerprint density at radius 1 is 0.861 bits per heavy atom. The first-order chi connectivity index (χ1) is 17.5. The zero-order chi connectivity index (χ0) is 25.1. The monoisotopic (exact) mass is 500 g/mol. The predicted molar refractivity (Wildman–Crippen MR) is 141 cm³/mol. The summed E-state index contributed by atoms with van der Waals surface area (Å²) in [7, 11) is -4.06. The molecule has 0 aliphatic rings. The number of fused-ring (bicyclic) bond motifs is 3. The molecule has 0 saturated heterocycles. The van der Waals surface area contributed by atoms with E-state index in [2.05, 4.69) is 5.32 Å². The highest BCUT2D eigenvalue weighted by Crippen LogP contribution is 2.33. The molecule has 1 amide bonds. The van der Waals surface area contributed by atoms with Crippen molar-refractivity contribution in [1.82, 2.24) is 0 Å². The van der Waals surface area contributed by atoms with E-state index in [9.17, 15) is 13.2 Å². The van der Waals surface area contributed by atoms with Gasteiger partial charge in [0.25, 0.3) is 10.0 Å². The average Bonchev–Trinajstić information content (AvgIpc) is 3.26. The molecule has 8 heteroatoms. The molecule has 0 saturated carbocycles. The molecule has 0 aliphatic carbocycles. The number of hydrogen-bond acceptors (Lipinski definition) is 5. The van der Waals surface area contributed by atoms with E-state index in [1.54, 1.807) is 54.6 Å². The average molecular weight is 501 g/mol. The number of carbonyl (C=O) groups excluding carboxylic acids is 1. The van der Waals surface area contributed by atoms with Gasteiger partial charge in [0.1, 0.15) is 23.5 Å². The lowest BCUT2D eigenvalue weighted by Gasteiger charge is -2.26. The standard InChI is InChI=1S/C28H24N2O5S/c1-2-34-26-15-9-7-13-24(26)30(36(32,33)21-10-4-3-5-11-21)19-28(31)29-20-16-17-23-22-12-6-8-14-25(22)35-27(23)18-20/h3-18H,2,19H2,1H3,(H,29,31). The number of ether oxygens (including phenoxy) is 1. The van der Waals surface area contributed by atoms with Gasteiger partial charge in [-0.2, -0.15) is 0 Å². The summed E-state index contributed by atoms with van der Waals surface area (Å²) in [5, 5.41) is 4.72. The zero-order valence-electron chi connectivity index (χ0n) is 19.5. The smallest absolute Gasteiger partial charge is 0.264 e. The van der Waals surface area contributed by atoms with E-state index >= 15 is 0 Å². The van der Waals surface area contributed by atoms with Gasteiger partial charge in [0.15, 0.2) is 0 Å². The summed E-state index contributed by atoms with van der Waals surface area (Å²) in [6, 6.07) is 27.9. The fraction of sp³-hybridized carbons (Fsp3) is 0.107. The third-order valence-corrected chi connectivity index (χ3v) is 7.49. The molecule has 1 N–H and O–H groups in total. The van der Waals surface area contributed by atoms with Crippen molar-refractivity contribution < 1.29 is 22.4 Å². The summed E-state index contributed by atoms with van der Waals surface area (Å²) in [5.41, 5.74) is 2.17. The number of anilines is 2. The largest absolute Gasteiger partial charge is 0.492 e. The molecule has 0 atom stereocenters. The number of rotatable bonds is 8. The van der Waals surface area contributed by atoms with E-state index < -0.39 is 22.5 Å². The highest BCUT2D eigenvalue weighted by Gasteiger charge is 2.29. The maximum absolute atomic E-state index is 13.6. The number of nitrogens with zero attached hydrogens (tertiary/aromatic N) is 1. The fourth-order valence-electron chi connectivity index (χ4n) is 4.09. The normalized spacial score (nSPS) is 11.5. The SMILES string of the molecule is CCOc1ccccc1N(CC(=O)Nc1ccc2c(c1)oc1ccccc12)S(=O)(=O)c1ccccc1. The summed E-state index contributed by atoms with van der Waals surface area (Å²) in [6.07, 6.45) is 0. The molecular formula is C28H24N2O5S. The van der Waals surface area contributed by atoms with Crippen LogP contribution in [0.3, 0.4) is 0 Å². The Morgan fingerprint density at radius 3 is 2.36 bits per heavy atom. The lowest BCUT2D eigenvalue weighted by molar-refractivity contribution is -0.114. The zero-order valence-corrected chi connectivity index (χ0v) is 20.4. The van der Waals surface area contributed by atoms with Crippen LogP contribution in [0.15, 0.2) is 106 Å². The van der Waals surface area contributed by atoms with Crippen LogP contribution >= 0.6 is 0 Å². The van der Waals surface area contributed by atoms with Crippen molar-refractivity contribution in [3.8, 4) is 5.75 Å². The second kappa shape index (κ2) is 9.75. The van der Waals surface area contributed by atoms with E-state index in [4.69, 9.17) is 9.15 Å². The van der Waals surface area contributed by atoms with Crippen LogP contribution in [-0.2, 0) is 14.8 Å². The van der Waals surface area contributed by atoms with Crippen LogP contribution in [0.2, 0.25) is 0 Å². The van der Waals surface area contributed by atoms with E-state index in [0.29, 0.717) is 23.6 Å². The molecule has 5 aromatic rings. The third-order valence-electron chi connectivity index (χ3n) is 5.71. The van der Waals surface area contributed by atoms with Crippen LogP contribution in [0, 0.1) is 0 Å². The van der Waals surface area contributed by atoms with Gasteiger partial charge in [-0.3, -0.25) is 9.10 Å². The Hall–Kier alpha value is -4.30. The van der Waals surface area contributed by atoms with Crippen LogP contribution in [0.1, 0.15) is 6.92 Å². The van der Waals surface area contributed by atoms with Crippen molar-refractivity contribution in [2.75, 3.05) is 22.8 Å². The first-order valence-electron chi connectivity index (χ1n) is 11.5. The van der Waals surface area contributed by atoms with E-state index in [1.165, 1.54) is 12.1 Å². The van der Waals surface area contributed by atoms with Gasteiger partial charge in [-0.05, 0) is 49.4 Å². The lowest BCUT2D eigenvalue weighted by Crippen LogP contribution is -2.38. The minimum atomic E-state index is -4.06. The molecule has 1 aromatic heterocycles. The minimum Gasteiger partial charge on any atom is -0.492 e. The molecule has 7 nitrogen and oxygen atoms in total. The maximum Gasteiger partial charge on any atom is 0.264 e. The van der Waals surface area contributed by atoms with Gasteiger partial charge in [0.05, 0.1) is 17.2 Å². The van der Waals surface area contributed by atoms with Gasteiger partial charge in [-0.1, -0.05) is 48.5 Å². The Labute approximate surface area is 209 Å². The summed E-state index contributed by atoms with van der Waals surface area (Å²) >= 11 is 0. The molecule has 0 bridgehead atoms. The summed E-state index contributed by atoms with van der Waals surface area (Å²) in [6.45, 7) is 1.72. The Balaban J connectivity index is 1.47. The van der Waals surface area contributed by atoms with E-state index in [-0.39, 0.29) is 10.6 Å². The molecule has 0 spiro atoms. The molecule has 0 unspecified atom stereocenters. The van der Waals surface area contributed by atoms with Crippen molar-refractivity contribution in [1.29, 1.82) is 0 Å². The number of amides is 1. The van der Waals surface area contributed by atoms with Crippen LogP contribution in [0.5, 0.6) is 5.75 Å². The fourth-order valence-corrected chi connectivity index (χ4v) is 5.55. The Bertz CT molecular complexity index is 1650. The first kappa shape index (κ1) is 23.4. The molecule has 0 radical (unpaired) electrons. The van der Waals surface area contributed by atoms with Crippen molar-refractivity contribution in [3.63, 3.8) is 0 Å². The molecule has 4 aromatic carbocycles. The van der Waals surface area contributed by atoms with Crippen LogP contribution in [-0.4, -0.2) is 27.5 Å². The van der Waals surface area contributed by atoms with Crippen molar-refractivity contribution >= 4 is 49.2 Å². The predicted octanol–water partition coefficient (Wildman–Crippen LogP) is 5.82. The molecule has 0 aliphatic heterocycles.